The summed E-state index contributed by atoms with van der Waals surface area (Å²) in [6.45, 7) is 6.95. The number of aliphatic hydroxyl groups is 1. The van der Waals surface area contributed by atoms with E-state index >= 15 is 0 Å². The first-order valence-corrected chi connectivity index (χ1v) is 8.85. The number of aliphatic hydroxyl groups excluding tert-OH is 1. The fraction of sp³-hybridized carbons (Fsp3) is 0.450. The average molecular weight is 342 g/mol. The number of piperidine rings is 1. The number of carbonyl (C=O) groups excluding carboxylic acids is 1. The third kappa shape index (κ3) is 4.50. The first-order chi connectivity index (χ1) is 12.0. The number of rotatable bonds is 5. The molecular formula is C20H26N2O3. The van der Waals surface area contributed by atoms with Gasteiger partial charge in [0.2, 0.25) is 0 Å². The molecule has 1 aromatic heterocycles. The molecule has 0 spiro atoms. The SMILES string of the molecule is Cc1cc(C(=O)Nc2cccc(CN3CCC(CO)CC3)c2)oc1C. The second-order valence-electron chi connectivity index (χ2n) is 6.91. The molecule has 1 aliphatic rings. The second-order valence-corrected chi connectivity index (χ2v) is 6.91. The van der Waals surface area contributed by atoms with E-state index in [0.717, 1.165) is 49.5 Å². The molecule has 0 unspecified atom stereocenters. The summed E-state index contributed by atoms with van der Waals surface area (Å²) in [5, 5.41) is 12.1. The van der Waals surface area contributed by atoms with Gasteiger partial charge in [-0.15, -0.1) is 0 Å². The van der Waals surface area contributed by atoms with Gasteiger partial charge in [-0.05, 0) is 75.0 Å². The second kappa shape index (κ2) is 7.85. The highest BCUT2D eigenvalue weighted by molar-refractivity contribution is 6.02. The van der Waals surface area contributed by atoms with Crippen LogP contribution in [0.2, 0.25) is 0 Å². The fourth-order valence-electron chi connectivity index (χ4n) is 3.21. The van der Waals surface area contributed by atoms with E-state index in [1.165, 1.54) is 5.56 Å². The minimum absolute atomic E-state index is 0.225. The molecule has 0 atom stereocenters. The van der Waals surface area contributed by atoms with Crippen molar-refractivity contribution in [2.75, 3.05) is 25.0 Å². The molecule has 1 aromatic carbocycles. The minimum atomic E-state index is -0.225. The first kappa shape index (κ1) is 17.7. The number of hydrogen-bond acceptors (Lipinski definition) is 4. The van der Waals surface area contributed by atoms with E-state index in [-0.39, 0.29) is 5.91 Å². The van der Waals surface area contributed by atoms with Gasteiger partial charge in [-0.2, -0.15) is 0 Å². The standard InChI is InChI=1S/C20H26N2O3/c1-14-10-19(25-15(14)2)20(24)21-18-5-3-4-17(11-18)12-22-8-6-16(13-23)7-9-22/h3-5,10-11,16,23H,6-9,12-13H2,1-2H3,(H,21,24). The highest BCUT2D eigenvalue weighted by atomic mass is 16.3. The zero-order chi connectivity index (χ0) is 17.8. The highest BCUT2D eigenvalue weighted by Crippen LogP contribution is 2.20. The number of carbonyl (C=O) groups is 1. The number of amides is 1. The number of aryl methyl sites for hydroxylation is 2. The van der Waals surface area contributed by atoms with Gasteiger partial charge in [0.05, 0.1) is 0 Å². The van der Waals surface area contributed by atoms with Crippen molar-refractivity contribution >= 4 is 11.6 Å². The molecule has 5 heteroatoms. The quantitative estimate of drug-likeness (QED) is 0.874. The van der Waals surface area contributed by atoms with Crippen molar-refractivity contribution in [1.82, 2.24) is 4.90 Å². The van der Waals surface area contributed by atoms with Gasteiger partial charge in [0.1, 0.15) is 5.76 Å². The summed E-state index contributed by atoms with van der Waals surface area (Å²) in [6.07, 6.45) is 2.09. The summed E-state index contributed by atoms with van der Waals surface area (Å²) in [7, 11) is 0. The maximum atomic E-state index is 12.3. The number of hydrogen-bond donors (Lipinski definition) is 2. The largest absolute Gasteiger partial charge is 0.456 e. The number of benzene rings is 1. The molecule has 0 bridgehead atoms. The summed E-state index contributed by atoms with van der Waals surface area (Å²) in [6, 6.07) is 9.71. The molecule has 2 N–H and O–H groups in total. The molecular weight excluding hydrogens is 316 g/mol. The van der Waals surface area contributed by atoms with Crippen molar-refractivity contribution in [3.63, 3.8) is 0 Å². The monoisotopic (exact) mass is 342 g/mol. The zero-order valence-corrected chi connectivity index (χ0v) is 14.9. The molecule has 1 aliphatic heterocycles. The van der Waals surface area contributed by atoms with Crippen molar-refractivity contribution in [1.29, 1.82) is 0 Å². The Balaban J connectivity index is 1.60. The third-order valence-corrected chi connectivity index (χ3v) is 4.95. The van der Waals surface area contributed by atoms with Crippen molar-refractivity contribution in [2.45, 2.75) is 33.2 Å². The Morgan fingerprint density at radius 3 is 2.68 bits per heavy atom. The van der Waals surface area contributed by atoms with Crippen LogP contribution in [0, 0.1) is 19.8 Å². The average Bonchev–Trinajstić information content (AvgIpc) is 2.95. The summed E-state index contributed by atoms with van der Waals surface area (Å²) in [5.41, 5.74) is 2.93. The van der Waals surface area contributed by atoms with Crippen LogP contribution < -0.4 is 5.32 Å². The van der Waals surface area contributed by atoms with Crippen LogP contribution in [0.25, 0.3) is 0 Å². The minimum Gasteiger partial charge on any atom is -0.456 e. The van der Waals surface area contributed by atoms with Gasteiger partial charge in [-0.3, -0.25) is 9.69 Å². The van der Waals surface area contributed by atoms with Gasteiger partial charge in [0.15, 0.2) is 5.76 Å². The first-order valence-electron chi connectivity index (χ1n) is 8.85. The Bertz CT molecular complexity index is 711. The van der Waals surface area contributed by atoms with Crippen molar-refractivity contribution in [3.05, 3.63) is 53.0 Å². The summed E-state index contributed by atoms with van der Waals surface area (Å²) >= 11 is 0. The van der Waals surface area contributed by atoms with Gasteiger partial charge >= 0.3 is 0 Å². The lowest BCUT2D eigenvalue weighted by atomic mass is 9.97. The molecule has 1 fully saturated rings. The summed E-state index contributed by atoms with van der Waals surface area (Å²) < 4.78 is 5.48. The molecule has 2 heterocycles. The molecule has 134 valence electrons. The van der Waals surface area contributed by atoms with Crippen LogP contribution in [-0.4, -0.2) is 35.6 Å². The Morgan fingerprint density at radius 1 is 1.28 bits per heavy atom. The fourth-order valence-corrected chi connectivity index (χ4v) is 3.21. The molecule has 1 amide bonds. The molecule has 3 rings (SSSR count). The third-order valence-electron chi connectivity index (χ3n) is 4.95. The molecule has 5 nitrogen and oxygen atoms in total. The van der Waals surface area contributed by atoms with Gasteiger partial charge in [-0.1, -0.05) is 12.1 Å². The predicted octanol–water partition coefficient (Wildman–Crippen LogP) is 3.35. The molecule has 25 heavy (non-hydrogen) atoms. The molecule has 2 aromatic rings. The highest BCUT2D eigenvalue weighted by Gasteiger charge is 2.18. The van der Waals surface area contributed by atoms with Crippen LogP contribution in [0.4, 0.5) is 5.69 Å². The van der Waals surface area contributed by atoms with Crippen molar-refractivity contribution in [3.8, 4) is 0 Å². The topological polar surface area (TPSA) is 65.7 Å². The van der Waals surface area contributed by atoms with E-state index in [4.69, 9.17) is 4.42 Å². The molecule has 0 saturated carbocycles. The van der Waals surface area contributed by atoms with Gasteiger partial charge < -0.3 is 14.8 Å². The normalized spacial score (nSPS) is 16.1. The summed E-state index contributed by atoms with van der Waals surface area (Å²) in [5.74, 6) is 1.33. The van der Waals surface area contributed by atoms with E-state index in [9.17, 15) is 9.90 Å². The van der Waals surface area contributed by atoms with E-state index < -0.39 is 0 Å². The van der Waals surface area contributed by atoms with Crippen LogP contribution >= 0.6 is 0 Å². The van der Waals surface area contributed by atoms with E-state index in [1.54, 1.807) is 6.07 Å². The number of likely N-dealkylation sites (tertiary alicyclic amines) is 1. The van der Waals surface area contributed by atoms with Crippen LogP contribution in [0.1, 0.15) is 40.3 Å². The Labute approximate surface area is 148 Å². The van der Waals surface area contributed by atoms with Gasteiger partial charge in [-0.25, -0.2) is 0 Å². The van der Waals surface area contributed by atoms with Crippen LogP contribution in [0.5, 0.6) is 0 Å². The zero-order valence-electron chi connectivity index (χ0n) is 14.9. The van der Waals surface area contributed by atoms with Crippen molar-refractivity contribution in [2.24, 2.45) is 5.92 Å². The number of anilines is 1. The molecule has 1 saturated heterocycles. The van der Waals surface area contributed by atoms with Gasteiger partial charge in [0, 0.05) is 18.8 Å². The predicted molar refractivity (Wildman–Crippen MR) is 97.7 cm³/mol. The molecule has 0 radical (unpaired) electrons. The smallest absolute Gasteiger partial charge is 0.291 e. The lowest BCUT2D eigenvalue weighted by Crippen LogP contribution is -2.34. The lowest BCUT2D eigenvalue weighted by Gasteiger charge is -2.31. The van der Waals surface area contributed by atoms with Gasteiger partial charge in [0.25, 0.3) is 5.91 Å². The maximum Gasteiger partial charge on any atom is 0.291 e. The van der Waals surface area contributed by atoms with E-state index in [0.29, 0.717) is 18.3 Å². The van der Waals surface area contributed by atoms with Crippen molar-refractivity contribution < 1.29 is 14.3 Å². The Kier molecular flexibility index (Phi) is 5.56. The van der Waals surface area contributed by atoms with Crippen LogP contribution in [0.15, 0.2) is 34.7 Å². The number of nitrogens with zero attached hydrogens (tertiary/aromatic N) is 1. The van der Waals surface area contributed by atoms with E-state index in [1.807, 2.05) is 32.0 Å². The number of furan rings is 1. The Hall–Kier alpha value is -2.11. The maximum absolute atomic E-state index is 12.3. The van der Waals surface area contributed by atoms with E-state index in [2.05, 4.69) is 16.3 Å². The Morgan fingerprint density at radius 2 is 2.04 bits per heavy atom. The van der Waals surface area contributed by atoms with Crippen LogP contribution in [0.3, 0.4) is 0 Å². The lowest BCUT2D eigenvalue weighted by molar-refractivity contribution is 0.0995. The molecule has 0 aliphatic carbocycles. The summed E-state index contributed by atoms with van der Waals surface area (Å²) in [4.78, 5) is 14.7. The van der Waals surface area contributed by atoms with Crippen LogP contribution in [-0.2, 0) is 6.54 Å². The number of nitrogens with one attached hydrogen (secondary N) is 1.